The minimum absolute atomic E-state index is 0.264. The molecule has 0 aliphatic rings. The van der Waals surface area contributed by atoms with Crippen LogP contribution in [0.5, 0.6) is 11.6 Å². The first kappa shape index (κ1) is 20.4. The third-order valence-corrected chi connectivity index (χ3v) is 4.06. The van der Waals surface area contributed by atoms with Gasteiger partial charge in [0.05, 0.1) is 18.8 Å². The number of hydrogen-bond donors (Lipinski definition) is 2. The molecule has 0 fully saturated rings. The van der Waals surface area contributed by atoms with Crippen LogP contribution in [0.15, 0.2) is 60.7 Å². The number of halogens is 1. The van der Waals surface area contributed by atoms with Gasteiger partial charge in [0, 0.05) is 22.3 Å². The summed E-state index contributed by atoms with van der Waals surface area (Å²) in [5.74, 6) is 1.20. The zero-order valence-electron chi connectivity index (χ0n) is 15.9. The fourth-order valence-electron chi connectivity index (χ4n) is 2.50. The summed E-state index contributed by atoms with van der Waals surface area (Å²) in [6, 6.07) is 17.8. The molecule has 0 unspecified atom stereocenters. The van der Waals surface area contributed by atoms with Crippen molar-refractivity contribution in [1.29, 1.82) is 0 Å². The summed E-state index contributed by atoms with van der Waals surface area (Å²) >= 11 is 5.88. The number of urea groups is 1. The lowest BCUT2D eigenvalue weighted by Crippen LogP contribution is -2.32. The lowest BCUT2D eigenvalue weighted by atomic mass is 10.1. The van der Waals surface area contributed by atoms with Gasteiger partial charge in [-0.05, 0) is 55.5 Å². The van der Waals surface area contributed by atoms with Gasteiger partial charge < -0.3 is 20.1 Å². The number of aromatic nitrogens is 2. The largest absolute Gasteiger partial charge is 0.494 e. The minimum Gasteiger partial charge on any atom is -0.494 e. The molecular weight excluding hydrogens is 392 g/mol. The van der Waals surface area contributed by atoms with Crippen molar-refractivity contribution >= 4 is 23.3 Å². The van der Waals surface area contributed by atoms with Gasteiger partial charge >= 0.3 is 6.03 Å². The van der Waals surface area contributed by atoms with Crippen LogP contribution in [0, 0.1) is 0 Å². The summed E-state index contributed by atoms with van der Waals surface area (Å²) in [6.07, 6.45) is 0. The van der Waals surface area contributed by atoms with Gasteiger partial charge in [0.2, 0.25) is 5.88 Å². The van der Waals surface area contributed by atoms with Crippen LogP contribution in [-0.2, 0) is 0 Å². The Morgan fingerprint density at radius 3 is 2.55 bits per heavy atom. The van der Waals surface area contributed by atoms with Crippen LogP contribution in [0.25, 0.3) is 11.3 Å². The molecule has 0 radical (unpaired) electrons. The van der Waals surface area contributed by atoms with E-state index in [1.54, 1.807) is 30.3 Å². The van der Waals surface area contributed by atoms with Crippen molar-refractivity contribution in [3.63, 3.8) is 0 Å². The Morgan fingerprint density at radius 2 is 1.86 bits per heavy atom. The molecule has 1 aromatic heterocycles. The summed E-state index contributed by atoms with van der Waals surface area (Å²) < 4.78 is 10.9. The number of nitrogens with zero attached hydrogens (tertiary/aromatic N) is 2. The van der Waals surface area contributed by atoms with Crippen molar-refractivity contribution in [3.8, 4) is 22.9 Å². The summed E-state index contributed by atoms with van der Waals surface area (Å²) in [5.41, 5.74) is 2.29. The van der Waals surface area contributed by atoms with E-state index in [-0.39, 0.29) is 12.6 Å². The van der Waals surface area contributed by atoms with Crippen LogP contribution in [0.2, 0.25) is 5.02 Å². The fraction of sp³-hybridized carbons (Fsp3) is 0.190. The molecule has 2 amide bonds. The Kier molecular flexibility index (Phi) is 7.24. The van der Waals surface area contributed by atoms with E-state index in [4.69, 9.17) is 21.1 Å². The van der Waals surface area contributed by atoms with Crippen LogP contribution in [0.1, 0.15) is 6.92 Å². The fourth-order valence-corrected chi connectivity index (χ4v) is 2.69. The summed E-state index contributed by atoms with van der Waals surface area (Å²) in [6.45, 7) is 3.15. The van der Waals surface area contributed by atoms with E-state index >= 15 is 0 Å². The van der Waals surface area contributed by atoms with Gasteiger partial charge in [0.15, 0.2) is 0 Å². The molecule has 1 heterocycles. The standard InChI is InChI=1S/C21H21ClN4O3/c1-2-28-18-8-6-15(7-9-18)19-10-11-20(26-25-19)29-13-12-23-21(27)24-17-5-3-4-16(22)14-17/h3-11,14H,2,12-13H2,1H3,(H2,23,24,27). The number of carbonyl (C=O) groups is 1. The van der Waals surface area contributed by atoms with Crippen molar-refractivity contribution in [2.45, 2.75) is 6.92 Å². The van der Waals surface area contributed by atoms with Gasteiger partial charge in [-0.25, -0.2) is 4.79 Å². The van der Waals surface area contributed by atoms with E-state index in [0.717, 1.165) is 17.0 Å². The van der Waals surface area contributed by atoms with Crippen molar-refractivity contribution in [1.82, 2.24) is 15.5 Å². The summed E-state index contributed by atoms with van der Waals surface area (Å²) in [5, 5.41) is 14.2. The Morgan fingerprint density at radius 1 is 1.03 bits per heavy atom. The van der Waals surface area contributed by atoms with Crippen molar-refractivity contribution in [2.24, 2.45) is 0 Å². The number of benzene rings is 2. The van der Waals surface area contributed by atoms with E-state index in [0.29, 0.717) is 29.7 Å². The highest BCUT2D eigenvalue weighted by molar-refractivity contribution is 6.30. The molecular formula is C21H21ClN4O3. The number of hydrogen-bond acceptors (Lipinski definition) is 5. The predicted molar refractivity (Wildman–Crippen MR) is 113 cm³/mol. The molecule has 2 aromatic carbocycles. The molecule has 0 aliphatic heterocycles. The molecule has 0 aliphatic carbocycles. The number of nitrogens with one attached hydrogen (secondary N) is 2. The highest BCUT2D eigenvalue weighted by Gasteiger charge is 2.04. The second kappa shape index (κ2) is 10.3. The highest BCUT2D eigenvalue weighted by Crippen LogP contribution is 2.21. The monoisotopic (exact) mass is 412 g/mol. The first-order valence-corrected chi connectivity index (χ1v) is 9.52. The highest BCUT2D eigenvalue weighted by atomic mass is 35.5. The number of anilines is 1. The topological polar surface area (TPSA) is 85.4 Å². The zero-order chi connectivity index (χ0) is 20.5. The molecule has 2 N–H and O–H groups in total. The third kappa shape index (κ3) is 6.36. The van der Waals surface area contributed by atoms with Gasteiger partial charge in [0.25, 0.3) is 0 Å². The molecule has 8 heteroatoms. The predicted octanol–water partition coefficient (Wildman–Crippen LogP) is 4.40. The molecule has 0 bridgehead atoms. The van der Waals surface area contributed by atoms with Gasteiger partial charge in [-0.3, -0.25) is 0 Å². The Hall–Kier alpha value is -3.32. The molecule has 3 aromatic rings. The quantitative estimate of drug-likeness (QED) is 0.536. The van der Waals surface area contributed by atoms with Gasteiger partial charge in [-0.1, -0.05) is 17.7 Å². The van der Waals surface area contributed by atoms with E-state index in [1.807, 2.05) is 37.3 Å². The lowest BCUT2D eigenvalue weighted by molar-refractivity contribution is 0.246. The number of carbonyl (C=O) groups excluding carboxylic acids is 1. The van der Waals surface area contributed by atoms with Crippen LogP contribution >= 0.6 is 11.6 Å². The van der Waals surface area contributed by atoms with Crippen LogP contribution in [0.3, 0.4) is 0 Å². The number of rotatable bonds is 8. The molecule has 0 saturated heterocycles. The van der Waals surface area contributed by atoms with Crippen molar-refractivity contribution in [2.75, 3.05) is 25.1 Å². The van der Waals surface area contributed by atoms with Crippen molar-refractivity contribution in [3.05, 3.63) is 65.7 Å². The van der Waals surface area contributed by atoms with Gasteiger partial charge in [0.1, 0.15) is 12.4 Å². The smallest absolute Gasteiger partial charge is 0.319 e. The van der Waals surface area contributed by atoms with Crippen molar-refractivity contribution < 1.29 is 14.3 Å². The van der Waals surface area contributed by atoms with E-state index in [1.165, 1.54) is 0 Å². The normalized spacial score (nSPS) is 10.3. The molecule has 0 saturated carbocycles. The first-order chi connectivity index (χ1) is 14.1. The maximum absolute atomic E-state index is 11.8. The average molecular weight is 413 g/mol. The minimum atomic E-state index is -0.340. The van der Waals surface area contributed by atoms with E-state index in [9.17, 15) is 4.79 Å². The maximum atomic E-state index is 11.8. The van der Waals surface area contributed by atoms with Crippen LogP contribution < -0.4 is 20.1 Å². The Balaban J connectivity index is 1.42. The van der Waals surface area contributed by atoms with Crippen LogP contribution in [-0.4, -0.2) is 36.0 Å². The zero-order valence-corrected chi connectivity index (χ0v) is 16.6. The maximum Gasteiger partial charge on any atom is 0.319 e. The summed E-state index contributed by atoms with van der Waals surface area (Å²) in [4.78, 5) is 11.8. The molecule has 29 heavy (non-hydrogen) atoms. The van der Waals surface area contributed by atoms with Crippen LogP contribution in [0.4, 0.5) is 10.5 Å². The van der Waals surface area contributed by atoms with Gasteiger partial charge in [-0.2, -0.15) is 0 Å². The summed E-state index contributed by atoms with van der Waals surface area (Å²) in [7, 11) is 0. The Labute approximate surface area is 174 Å². The molecule has 3 rings (SSSR count). The number of ether oxygens (including phenoxy) is 2. The third-order valence-electron chi connectivity index (χ3n) is 3.82. The second-order valence-corrected chi connectivity index (χ2v) is 6.39. The molecule has 150 valence electrons. The molecule has 0 atom stereocenters. The molecule has 0 spiro atoms. The lowest BCUT2D eigenvalue weighted by Gasteiger charge is -2.09. The van der Waals surface area contributed by atoms with Gasteiger partial charge in [-0.15, -0.1) is 10.2 Å². The van der Waals surface area contributed by atoms with E-state index in [2.05, 4.69) is 20.8 Å². The number of amides is 2. The SMILES string of the molecule is CCOc1ccc(-c2ccc(OCCNC(=O)Nc3cccc(Cl)c3)nn2)cc1. The Bertz CT molecular complexity index is 933. The second-order valence-electron chi connectivity index (χ2n) is 5.95. The molecule has 7 nitrogen and oxygen atoms in total. The first-order valence-electron chi connectivity index (χ1n) is 9.14. The van der Waals surface area contributed by atoms with E-state index < -0.39 is 0 Å². The average Bonchev–Trinajstić information content (AvgIpc) is 2.73.